The molecule has 1 spiro atoms. The van der Waals surface area contributed by atoms with Crippen molar-refractivity contribution < 1.29 is 34.1 Å². The summed E-state index contributed by atoms with van der Waals surface area (Å²) in [7, 11) is 0. The van der Waals surface area contributed by atoms with E-state index in [1.165, 1.54) is 0 Å². The number of hydrogen-bond donors (Lipinski definition) is 2. The Kier molecular flexibility index (Phi) is 6.28. The molecule has 2 N–H and O–H groups in total. The summed E-state index contributed by atoms with van der Waals surface area (Å²) in [6.07, 6.45) is 12.8. The number of rotatable bonds is 4. The molecule has 0 aromatic carbocycles. The number of esters is 2. The van der Waals surface area contributed by atoms with E-state index in [1.54, 1.807) is 25.0 Å². The molecule has 0 amide bonds. The maximum absolute atomic E-state index is 14.6. The van der Waals surface area contributed by atoms with Crippen molar-refractivity contribution in [1.29, 1.82) is 0 Å². The topological polar surface area (TPSA) is 146 Å². The third-order valence-corrected chi connectivity index (χ3v) is 14.0. The molecule has 2 aromatic heterocycles. The van der Waals surface area contributed by atoms with E-state index in [-0.39, 0.29) is 67.1 Å². The first-order valence-electron chi connectivity index (χ1n) is 17.2. The van der Waals surface area contributed by atoms with Gasteiger partial charge in [-0.1, -0.05) is 24.3 Å². The van der Waals surface area contributed by atoms with Crippen LogP contribution in [0.3, 0.4) is 0 Å². The first-order chi connectivity index (χ1) is 22.6. The van der Waals surface area contributed by atoms with Crippen molar-refractivity contribution in [2.45, 2.75) is 87.9 Å². The lowest BCUT2D eigenvalue weighted by atomic mass is 9.59. The number of ether oxygens (including phenoxy) is 2. The molecule has 4 heterocycles. The van der Waals surface area contributed by atoms with Crippen LogP contribution >= 0.6 is 0 Å². The SMILES string of the molecule is C=C1CC[C@H]2C(Cn3ccnc3)C(=O)O[C@@H]2[C@@H]2[C@H]1C[C@@]1(O)[C@]2(O)CC[C@]12C(=O)C[C@H]1C(=C)CC[C@H]3C(Cn4ccnc4)C(=O)O[C@@H]3[C@H]12. The highest BCUT2D eigenvalue weighted by atomic mass is 16.6. The summed E-state index contributed by atoms with van der Waals surface area (Å²) in [5, 5.41) is 26.2. The number of ketones is 1. The Hall–Kier alpha value is -3.57. The van der Waals surface area contributed by atoms with Crippen molar-refractivity contribution in [2.75, 3.05) is 0 Å². The van der Waals surface area contributed by atoms with Gasteiger partial charge >= 0.3 is 11.9 Å². The third kappa shape index (κ3) is 3.73. The Morgan fingerprint density at radius 3 is 1.91 bits per heavy atom. The summed E-state index contributed by atoms with van der Waals surface area (Å²) < 4.78 is 16.2. The fourth-order valence-electron chi connectivity index (χ4n) is 12.0. The number of aliphatic hydroxyl groups is 2. The minimum atomic E-state index is -1.81. The summed E-state index contributed by atoms with van der Waals surface area (Å²) >= 11 is 0. The molecule has 2 saturated heterocycles. The van der Waals surface area contributed by atoms with Crippen LogP contribution in [0.25, 0.3) is 0 Å². The van der Waals surface area contributed by atoms with Crippen molar-refractivity contribution in [3.63, 3.8) is 0 Å². The van der Waals surface area contributed by atoms with Crippen molar-refractivity contribution in [3.05, 3.63) is 61.7 Å². The first-order valence-corrected chi connectivity index (χ1v) is 17.2. The number of carbonyl (C=O) groups is 3. The lowest BCUT2D eigenvalue weighted by molar-refractivity contribution is -0.205. The fraction of sp³-hybridized carbons (Fsp3) is 0.639. The zero-order valence-corrected chi connectivity index (χ0v) is 26.4. The lowest BCUT2D eigenvalue weighted by Crippen LogP contribution is -2.63. The molecule has 0 bridgehead atoms. The molecule has 7 fully saturated rings. The number of fused-ring (bicyclic) bond motifs is 10. The van der Waals surface area contributed by atoms with Crippen LogP contribution in [0.15, 0.2) is 61.7 Å². The molecule has 0 radical (unpaired) electrons. The van der Waals surface area contributed by atoms with Gasteiger partial charge in [0.15, 0.2) is 0 Å². The monoisotopic (exact) mass is 642 g/mol. The Balaban J connectivity index is 1.11. The second-order valence-electron chi connectivity index (χ2n) is 15.6. The predicted octanol–water partition coefficient (Wildman–Crippen LogP) is 2.88. The summed E-state index contributed by atoms with van der Waals surface area (Å²) in [4.78, 5) is 49.9. The highest BCUT2D eigenvalue weighted by Gasteiger charge is 2.83. The quantitative estimate of drug-likeness (QED) is 0.380. The minimum absolute atomic E-state index is 0.0816. The van der Waals surface area contributed by atoms with Gasteiger partial charge in [0.2, 0.25) is 0 Å². The number of carbonyl (C=O) groups excluding carboxylic acids is 3. The molecule has 2 unspecified atom stereocenters. The van der Waals surface area contributed by atoms with E-state index in [9.17, 15) is 24.6 Å². The minimum Gasteiger partial charge on any atom is -0.461 e. The van der Waals surface area contributed by atoms with Gasteiger partial charge in [-0.15, -0.1) is 0 Å². The number of aromatic nitrogens is 4. The Bertz CT molecular complexity index is 1670. The van der Waals surface area contributed by atoms with Crippen molar-refractivity contribution in [3.8, 4) is 0 Å². The molecular weight excluding hydrogens is 600 g/mol. The Morgan fingerprint density at radius 1 is 0.809 bits per heavy atom. The smallest absolute Gasteiger partial charge is 0.311 e. The number of Topliss-reactive ketones (excluding diaryl/α,β-unsaturated/α-hetero) is 1. The normalized spacial score (nSPS) is 46.8. The van der Waals surface area contributed by atoms with Crippen LogP contribution in [0.4, 0.5) is 0 Å². The van der Waals surface area contributed by atoms with E-state index < -0.39 is 52.5 Å². The number of hydrogen-bond acceptors (Lipinski definition) is 9. The average molecular weight is 643 g/mol. The molecule has 2 aromatic rings. The van der Waals surface area contributed by atoms with Gasteiger partial charge in [-0.3, -0.25) is 14.4 Å². The summed E-state index contributed by atoms with van der Waals surface area (Å²) in [5.74, 6) is -3.51. The van der Waals surface area contributed by atoms with E-state index in [1.807, 2.05) is 21.5 Å². The van der Waals surface area contributed by atoms with Gasteiger partial charge in [0, 0.05) is 68.0 Å². The van der Waals surface area contributed by atoms with Crippen molar-refractivity contribution in [1.82, 2.24) is 19.1 Å². The molecule has 11 heteroatoms. The summed E-state index contributed by atoms with van der Waals surface area (Å²) in [6, 6.07) is 0. The van der Waals surface area contributed by atoms with E-state index >= 15 is 0 Å². The lowest BCUT2D eigenvalue weighted by Gasteiger charge is -2.48. The van der Waals surface area contributed by atoms with Gasteiger partial charge in [0.1, 0.15) is 29.2 Å². The largest absolute Gasteiger partial charge is 0.461 e. The number of allylic oxidation sites excluding steroid dienone is 2. The number of nitrogens with zero attached hydrogens (tertiary/aromatic N) is 4. The van der Waals surface area contributed by atoms with Crippen molar-refractivity contribution >= 4 is 17.7 Å². The van der Waals surface area contributed by atoms with Crippen molar-refractivity contribution in [2.24, 2.45) is 52.8 Å². The zero-order chi connectivity index (χ0) is 32.5. The molecule has 248 valence electrons. The molecule has 9 rings (SSSR count). The maximum Gasteiger partial charge on any atom is 0.311 e. The Labute approximate surface area is 273 Å². The van der Waals surface area contributed by atoms with Gasteiger partial charge in [0.05, 0.1) is 29.9 Å². The van der Waals surface area contributed by atoms with Crippen LogP contribution in [0.1, 0.15) is 51.4 Å². The van der Waals surface area contributed by atoms with Crippen LogP contribution in [0.5, 0.6) is 0 Å². The summed E-state index contributed by atoms with van der Waals surface area (Å²) in [5.41, 5.74) is -2.95. The van der Waals surface area contributed by atoms with Gasteiger partial charge in [-0.2, -0.15) is 0 Å². The summed E-state index contributed by atoms with van der Waals surface area (Å²) in [6.45, 7) is 9.74. The van der Waals surface area contributed by atoms with Gasteiger partial charge < -0.3 is 28.8 Å². The van der Waals surface area contributed by atoms with E-state index in [2.05, 4.69) is 23.1 Å². The molecule has 7 aliphatic rings. The number of imidazole rings is 2. The molecular formula is C36H42N4O7. The maximum atomic E-state index is 14.6. The molecule has 13 atom stereocenters. The van der Waals surface area contributed by atoms with E-state index in [4.69, 9.17) is 9.47 Å². The second kappa shape index (κ2) is 9.98. The van der Waals surface area contributed by atoms with Gasteiger partial charge in [-0.25, -0.2) is 9.97 Å². The van der Waals surface area contributed by atoms with Gasteiger partial charge in [-0.05, 0) is 56.8 Å². The van der Waals surface area contributed by atoms with Crippen LogP contribution in [0.2, 0.25) is 0 Å². The highest BCUT2D eigenvalue weighted by molar-refractivity contribution is 5.91. The fourth-order valence-corrected chi connectivity index (χ4v) is 12.0. The highest BCUT2D eigenvalue weighted by Crippen LogP contribution is 2.74. The second-order valence-corrected chi connectivity index (χ2v) is 15.6. The molecule has 5 aliphatic carbocycles. The van der Waals surface area contributed by atoms with Crippen LogP contribution in [-0.2, 0) is 36.9 Å². The molecule has 2 aliphatic heterocycles. The van der Waals surface area contributed by atoms with Crippen LogP contribution in [-0.4, -0.2) is 70.4 Å². The molecule has 47 heavy (non-hydrogen) atoms. The molecule has 11 nitrogen and oxygen atoms in total. The standard InChI is InChI=1S/C36H42N4O7/c1-19-3-5-21-25(15-39-11-9-37-17-39)32(42)46-30(21)28-23(19)13-27(41)34(28)7-8-35(44)29-24(14-36(34,35)45)20(2)4-6-22-26(33(43)47-31(22)29)16-40-12-10-38-18-40/h9-12,17-18,21-26,28-31,44-45H,1-8,13-16H2/t21-,22-,23-,24-,25?,26?,28-,29-,30-,31-,34+,35-,36-/m0/s1. The first kappa shape index (κ1) is 29.6. The Morgan fingerprint density at radius 2 is 1.36 bits per heavy atom. The predicted molar refractivity (Wildman–Crippen MR) is 165 cm³/mol. The van der Waals surface area contributed by atoms with E-state index in [0.29, 0.717) is 38.8 Å². The zero-order valence-electron chi connectivity index (χ0n) is 26.4. The third-order valence-electron chi connectivity index (χ3n) is 14.0. The van der Waals surface area contributed by atoms with E-state index in [0.717, 1.165) is 11.1 Å². The average Bonchev–Trinajstić information content (AvgIpc) is 3.89. The van der Waals surface area contributed by atoms with Crippen LogP contribution < -0.4 is 0 Å². The van der Waals surface area contributed by atoms with Crippen LogP contribution in [0, 0.1) is 52.8 Å². The molecule has 5 saturated carbocycles. The van der Waals surface area contributed by atoms with Gasteiger partial charge in [0.25, 0.3) is 0 Å².